The van der Waals surface area contributed by atoms with E-state index in [0.29, 0.717) is 4.90 Å². The normalized spacial score (nSPS) is 11.1. The van der Waals surface area contributed by atoms with Gasteiger partial charge in [-0.2, -0.15) is 0 Å². The lowest BCUT2D eigenvalue weighted by molar-refractivity contribution is -0.127. The van der Waals surface area contributed by atoms with Crippen LogP contribution in [0.25, 0.3) is 0 Å². The van der Waals surface area contributed by atoms with Crippen LogP contribution in [0.2, 0.25) is 0 Å². The fourth-order valence-electron chi connectivity index (χ4n) is 2.10. The smallest absolute Gasteiger partial charge is 0.248 e. The summed E-state index contributed by atoms with van der Waals surface area (Å²) in [7, 11) is -3.79. The lowest BCUT2D eigenvalue weighted by Gasteiger charge is -2.09. The van der Waals surface area contributed by atoms with Gasteiger partial charge in [0.05, 0.1) is 10.6 Å². The molecule has 2 aromatic rings. The molecule has 0 aliphatic carbocycles. The maximum absolute atomic E-state index is 13.4. The molecule has 0 fully saturated rings. The highest BCUT2D eigenvalue weighted by atomic mass is 32.2. The third-order valence-corrected chi connectivity index (χ3v) is 6.06. The molecule has 0 heterocycles. The molecular weight excluding hydrogens is 424 g/mol. The van der Waals surface area contributed by atoms with E-state index in [1.807, 2.05) is 0 Å². The van der Waals surface area contributed by atoms with Crippen LogP contribution in [0.5, 0.6) is 0 Å². The minimum atomic E-state index is -3.79. The van der Waals surface area contributed by atoms with E-state index in [4.69, 9.17) is 0 Å². The minimum Gasteiger partial charge on any atom is -0.273 e. The molecule has 0 aliphatic rings. The van der Waals surface area contributed by atoms with Gasteiger partial charge in [0.1, 0.15) is 11.6 Å². The van der Waals surface area contributed by atoms with Gasteiger partial charge in [-0.25, -0.2) is 21.9 Å². The molecule has 2 rings (SSSR count). The lowest BCUT2D eigenvalue weighted by atomic mass is 10.3. The van der Waals surface area contributed by atoms with E-state index < -0.39 is 33.5 Å². The molecule has 0 spiro atoms. The Morgan fingerprint density at radius 1 is 0.931 bits per heavy atom. The van der Waals surface area contributed by atoms with Crippen molar-refractivity contribution in [2.24, 2.45) is 0 Å². The third kappa shape index (κ3) is 7.80. The van der Waals surface area contributed by atoms with Gasteiger partial charge < -0.3 is 0 Å². The number of hydrazine groups is 1. The second-order valence-corrected chi connectivity index (χ2v) is 8.55. The average Bonchev–Trinajstić information content (AvgIpc) is 2.69. The quantitative estimate of drug-likeness (QED) is 0.312. The van der Waals surface area contributed by atoms with Gasteiger partial charge in [-0.3, -0.25) is 20.4 Å². The standard InChI is InChI=1S/C18H19F2N3O4S2/c19-13-7-9-14(10-8-13)29(26,27)21-11-3-6-17(24)22-23-18(25)12-28-16-5-2-1-4-15(16)20/h1-2,4-5,7-10,21H,3,6,11-12H2,(H,22,24)(H,23,25). The molecule has 0 aliphatic heterocycles. The number of carbonyl (C=O) groups is 2. The molecule has 0 saturated heterocycles. The Morgan fingerprint density at radius 2 is 1.59 bits per heavy atom. The van der Waals surface area contributed by atoms with E-state index in [1.54, 1.807) is 18.2 Å². The van der Waals surface area contributed by atoms with Crippen molar-refractivity contribution < 1.29 is 26.8 Å². The van der Waals surface area contributed by atoms with Crippen molar-refractivity contribution in [3.8, 4) is 0 Å². The van der Waals surface area contributed by atoms with E-state index in [-0.39, 0.29) is 30.0 Å². The van der Waals surface area contributed by atoms with Crippen molar-refractivity contribution in [2.75, 3.05) is 12.3 Å². The number of thioether (sulfide) groups is 1. The lowest BCUT2D eigenvalue weighted by Crippen LogP contribution is -2.42. The Balaban J connectivity index is 1.63. The number of benzene rings is 2. The summed E-state index contributed by atoms with van der Waals surface area (Å²) in [5.41, 5.74) is 4.41. The zero-order valence-electron chi connectivity index (χ0n) is 15.2. The Labute approximate surface area is 171 Å². The molecule has 11 heteroatoms. The van der Waals surface area contributed by atoms with E-state index in [0.717, 1.165) is 36.0 Å². The van der Waals surface area contributed by atoms with E-state index in [2.05, 4.69) is 15.6 Å². The molecule has 29 heavy (non-hydrogen) atoms. The summed E-state index contributed by atoms with van der Waals surface area (Å²) in [6.07, 6.45) is 0.152. The van der Waals surface area contributed by atoms with Gasteiger partial charge in [-0.05, 0) is 42.8 Å². The van der Waals surface area contributed by atoms with Gasteiger partial charge in [0.15, 0.2) is 0 Å². The predicted octanol–water partition coefficient (Wildman–Crippen LogP) is 1.96. The summed E-state index contributed by atoms with van der Waals surface area (Å²) < 4.78 is 52.6. The number of sulfonamides is 1. The second-order valence-electron chi connectivity index (χ2n) is 5.77. The number of halogens is 2. The van der Waals surface area contributed by atoms with Gasteiger partial charge in [-0.1, -0.05) is 12.1 Å². The number of rotatable bonds is 9. The van der Waals surface area contributed by atoms with Gasteiger partial charge in [0, 0.05) is 17.9 Å². The summed E-state index contributed by atoms with van der Waals surface area (Å²) in [6.45, 7) is -0.00971. The SMILES string of the molecule is O=C(CCCNS(=O)(=O)c1ccc(F)cc1)NNC(=O)CSc1ccccc1F. The Hall–Kier alpha value is -2.50. The number of carbonyl (C=O) groups excluding carboxylic acids is 2. The van der Waals surface area contributed by atoms with Crippen LogP contribution in [0, 0.1) is 11.6 Å². The Kier molecular flexibility index (Phi) is 8.55. The van der Waals surface area contributed by atoms with Crippen LogP contribution in [0.4, 0.5) is 8.78 Å². The van der Waals surface area contributed by atoms with Crippen LogP contribution in [0.1, 0.15) is 12.8 Å². The number of hydrogen-bond donors (Lipinski definition) is 3. The maximum atomic E-state index is 13.4. The van der Waals surface area contributed by atoms with Crippen LogP contribution >= 0.6 is 11.8 Å². The first-order chi connectivity index (χ1) is 13.8. The van der Waals surface area contributed by atoms with Gasteiger partial charge in [-0.15, -0.1) is 11.8 Å². The van der Waals surface area contributed by atoms with E-state index in [1.165, 1.54) is 6.07 Å². The van der Waals surface area contributed by atoms with E-state index in [9.17, 15) is 26.8 Å². The Bertz CT molecular complexity index is 954. The highest BCUT2D eigenvalue weighted by Crippen LogP contribution is 2.20. The minimum absolute atomic E-state index is 0.00971. The fraction of sp³-hybridized carbons (Fsp3) is 0.222. The molecular formula is C18H19F2N3O4S2. The molecule has 0 atom stereocenters. The first-order valence-corrected chi connectivity index (χ1v) is 10.9. The Morgan fingerprint density at radius 3 is 2.28 bits per heavy atom. The van der Waals surface area contributed by atoms with Crippen LogP contribution in [-0.4, -0.2) is 32.5 Å². The molecule has 0 saturated carbocycles. The molecule has 3 N–H and O–H groups in total. The first-order valence-electron chi connectivity index (χ1n) is 8.48. The highest BCUT2D eigenvalue weighted by Gasteiger charge is 2.13. The van der Waals surface area contributed by atoms with Crippen LogP contribution < -0.4 is 15.6 Å². The van der Waals surface area contributed by atoms with Gasteiger partial charge in [0.2, 0.25) is 21.8 Å². The zero-order chi connectivity index (χ0) is 21.3. The number of nitrogens with one attached hydrogen (secondary N) is 3. The molecule has 0 radical (unpaired) electrons. The molecule has 7 nitrogen and oxygen atoms in total. The molecule has 0 bridgehead atoms. The van der Waals surface area contributed by atoms with Crippen molar-refractivity contribution in [1.82, 2.24) is 15.6 Å². The highest BCUT2D eigenvalue weighted by molar-refractivity contribution is 8.00. The van der Waals surface area contributed by atoms with Crippen molar-refractivity contribution in [1.29, 1.82) is 0 Å². The number of hydrogen-bond acceptors (Lipinski definition) is 5. The third-order valence-electron chi connectivity index (χ3n) is 3.53. The van der Waals surface area contributed by atoms with Gasteiger partial charge >= 0.3 is 0 Å². The van der Waals surface area contributed by atoms with Crippen molar-refractivity contribution in [3.05, 3.63) is 60.2 Å². The first kappa shape index (κ1) is 22.8. The fourth-order valence-corrected chi connectivity index (χ4v) is 3.91. The molecule has 0 unspecified atom stereocenters. The monoisotopic (exact) mass is 443 g/mol. The topological polar surface area (TPSA) is 104 Å². The summed E-state index contributed by atoms with van der Waals surface area (Å²) in [4.78, 5) is 23.6. The summed E-state index contributed by atoms with van der Waals surface area (Å²) in [5.74, 6) is -2.08. The predicted molar refractivity (Wildman–Crippen MR) is 104 cm³/mol. The number of amides is 2. The summed E-state index contributed by atoms with van der Waals surface area (Å²) >= 11 is 0.991. The van der Waals surface area contributed by atoms with Crippen molar-refractivity contribution in [2.45, 2.75) is 22.6 Å². The summed E-state index contributed by atoms with van der Waals surface area (Å²) in [5, 5.41) is 0. The average molecular weight is 443 g/mol. The van der Waals surface area contributed by atoms with Crippen LogP contribution in [0.15, 0.2) is 58.3 Å². The largest absolute Gasteiger partial charge is 0.273 e. The van der Waals surface area contributed by atoms with Crippen molar-refractivity contribution >= 4 is 33.6 Å². The van der Waals surface area contributed by atoms with E-state index >= 15 is 0 Å². The zero-order valence-corrected chi connectivity index (χ0v) is 16.8. The summed E-state index contributed by atoms with van der Waals surface area (Å²) in [6, 6.07) is 10.4. The second kappa shape index (κ2) is 10.9. The van der Waals surface area contributed by atoms with Crippen LogP contribution in [0.3, 0.4) is 0 Å². The molecule has 0 aromatic heterocycles. The van der Waals surface area contributed by atoms with Crippen molar-refractivity contribution in [3.63, 3.8) is 0 Å². The van der Waals surface area contributed by atoms with Crippen LogP contribution in [-0.2, 0) is 19.6 Å². The molecule has 2 amide bonds. The molecule has 156 valence electrons. The molecule has 2 aromatic carbocycles. The van der Waals surface area contributed by atoms with Gasteiger partial charge in [0.25, 0.3) is 0 Å². The maximum Gasteiger partial charge on any atom is 0.248 e.